The van der Waals surface area contributed by atoms with Gasteiger partial charge in [0.2, 0.25) is 5.91 Å². The Hall–Kier alpha value is -1.76. The summed E-state index contributed by atoms with van der Waals surface area (Å²) >= 11 is 0. The number of piperazine rings is 1. The lowest BCUT2D eigenvalue weighted by molar-refractivity contribution is -0.137. The molecular weight excluding hydrogens is 331 g/mol. The first-order valence-corrected chi connectivity index (χ1v) is 8.81. The molecule has 1 aliphatic carbocycles. The highest BCUT2D eigenvalue weighted by atomic mass is 19.4. The summed E-state index contributed by atoms with van der Waals surface area (Å²) in [6.45, 7) is 2.73. The van der Waals surface area contributed by atoms with E-state index in [1.165, 1.54) is 12.1 Å². The molecular formula is C18H24F3N3O. The smallest absolute Gasteiger partial charge is 0.368 e. The molecule has 0 spiro atoms. The van der Waals surface area contributed by atoms with E-state index in [0.717, 1.165) is 25.3 Å². The SMILES string of the molecule is NC[C@H]1CCC[C@H]1C(=O)N1CCN(c2cccc(C(F)(F)F)c2)CC1. The Morgan fingerprint density at radius 3 is 2.52 bits per heavy atom. The van der Waals surface area contributed by atoms with Gasteiger partial charge < -0.3 is 15.5 Å². The Kier molecular flexibility index (Phi) is 5.22. The topological polar surface area (TPSA) is 49.6 Å². The van der Waals surface area contributed by atoms with Gasteiger partial charge in [0.15, 0.2) is 0 Å². The normalized spacial score (nSPS) is 24.6. The Balaban J connectivity index is 1.61. The minimum Gasteiger partial charge on any atom is -0.368 e. The third-order valence-corrected chi connectivity index (χ3v) is 5.41. The van der Waals surface area contributed by atoms with Crippen molar-refractivity contribution in [2.75, 3.05) is 37.6 Å². The van der Waals surface area contributed by atoms with Crippen LogP contribution in [0.2, 0.25) is 0 Å². The maximum Gasteiger partial charge on any atom is 0.416 e. The summed E-state index contributed by atoms with van der Waals surface area (Å²) in [5.41, 5.74) is 5.69. The quantitative estimate of drug-likeness (QED) is 0.907. The third kappa shape index (κ3) is 3.92. The summed E-state index contributed by atoms with van der Waals surface area (Å²) < 4.78 is 38.6. The van der Waals surface area contributed by atoms with E-state index in [1.807, 2.05) is 9.80 Å². The van der Waals surface area contributed by atoms with Gasteiger partial charge in [-0.2, -0.15) is 13.2 Å². The molecule has 2 N–H and O–H groups in total. The summed E-state index contributed by atoms with van der Waals surface area (Å²) in [5, 5.41) is 0. The fourth-order valence-corrected chi connectivity index (χ4v) is 3.94. The van der Waals surface area contributed by atoms with Crippen LogP contribution in [0.5, 0.6) is 0 Å². The van der Waals surface area contributed by atoms with E-state index in [0.29, 0.717) is 38.4 Å². The predicted molar refractivity (Wildman–Crippen MR) is 90.1 cm³/mol. The summed E-state index contributed by atoms with van der Waals surface area (Å²) in [6.07, 6.45) is -1.39. The summed E-state index contributed by atoms with van der Waals surface area (Å²) in [4.78, 5) is 16.5. The number of alkyl halides is 3. The molecule has 1 saturated heterocycles. The zero-order valence-electron chi connectivity index (χ0n) is 14.1. The van der Waals surface area contributed by atoms with Crippen LogP contribution in [0.25, 0.3) is 0 Å². The van der Waals surface area contributed by atoms with Gasteiger partial charge >= 0.3 is 6.18 Å². The average Bonchev–Trinajstić information content (AvgIpc) is 3.09. The number of halogens is 3. The second-order valence-corrected chi connectivity index (χ2v) is 6.89. The Morgan fingerprint density at radius 1 is 1.16 bits per heavy atom. The lowest BCUT2D eigenvalue weighted by atomic mass is 9.94. The number of nitrogens with zero attached hydrogens (tertiary/aromatic N) is 2. The first-order valence-electron chi connectivity index (χ1n) is 8.81. The van der Waals surface area contributed by atoms with Crippen molar-refractivity contribution in [1.29, 1.82) is 0 Å². The van der Waals surface area contributed by atoms with Crippen LogP contribution >= 0.6 is 0 Å². The molecule has 1 aromatic rings. The van der Waals surface area contributed by atoms with Crippen molar-refractivity contribution in [3.8, 4) is 0 Å². The van der Waals surface area contributed by atoms with Crippen LogP contribution in [0.3, 0.4) is 0 Å². The molecule has 0 bridgehead atoms. The molecule has 1 heterocycles. The zero-order chi connectivity index (χ0) is 18.0. The molecule has 3 rings (SSSR count). The molecule has 1 aromatic carbocycles. The monoisotopic (exact) mass is 355 g/mol. The van der Waals surface area contributed by atoms with Crippen molar-refractivity contribution in [3.63, 3.8) is 0 Å². The van der Waals surface area contributed by atoms with E-state index in [4.69, 9.17) is 5.73 Å². The summed E-state index contributed by atoms with van der Waals surface area (Å²) in [7, 11) is 0. The van der Waals surface area contributed by atoms with Crippen LogP contribution in [0.4, 0.5) is 18.9 Å². The molecule has 0 radical (unpaired) electrons. The standard InChI is InChI=1S/C18H24F3N3O/c19-18(20,21)14-4-2-5-15(11-14)23-7-9-24(10-8-23)17(25)16-6-1-3-13(16)12-22/h2,4-5,11,13,16H,1,3,6-10,12,22H2/t13-,16-/m1/s1. The van der Waals surface area contributed by atoms with Crippen molar-refractivity contribution in [1.82, 2.24) is 4.90 Å². The molecule has 4 nitrogen and oxygen atoms in total. The van der Waals surface area contributed by atoms with Gasteiger partial charge in [-0.25, -0.2) is 0 Å². The lowest BCUT2D eigenvalue weighted by Gasteiger charge is -2.38. The highest BCUT2D eigenvalue weighted by molar-refractivity contribution is 5.79. The number of carbonyl (C=O) groups is 1. The van der Waals surface area contributed by atoms with Gasteiger partial charge in [-0.3, -0.25) is 4.79 Å². The number of hydrogen-bond donors (Lipinski definition) is 1. The number of anilines is 1. The van der Waals surface area contributed by atoms with E-state index in [2.05, 4.69) is 0 Å². The van der Waals surface area contributed by atoms with Crippen molar-refractivity contribution >= 4 is 11.6 Å². The van der Waals surface area contributed by atoms with Gasteiger partial charge in [-0.1, -0.05) is 12.5 Å². The molecule has 7 heteroatoms. The molecule has 2 fully saturated rings. The number of nitrogens with two attached hydrogens (primary N) is 1. The molecule has 1 aliphatic heterocycles. The van der Waals surface area contributed by atoms with Gasteiger partial charge in [0.1, 0.15) is 0 Å². The molecule has 0 aromatic heterocycles. The van der Waals surface area contributed by atoms with Crippen LogP contribution in [0.1, 0.15) is 24.8 Å². The van der Waals surface area contributed by atoms with E-state index < -0.39 is 11.7 Å². The first kappa shape index (κ1) is 18.0. The third-order valence-electron chi connectivity index (χ3n) is 5.41. The zero-order valence-corrected chi connectivity index (χ0v) is 14.1. The second-order valence-electron chi connectivity index (χ2n) is 6.89. The molecule has 0 unspecified atom stereocenters. The van der Waals surface area contributed by atoms with Crippen molar-refractivity contribution in [2.45, 2.75) is 25.4 Å². The van der Waals surface area contributed by atoms with Gasteiger partial charge in [-0.05, 0) is 43.5 Å². The first-order chi connectivity index (χ1) is 11.9. The highest BCUT2D eigenvalue weighted by Crippen LogP contribution is 2.34. The second kappa shape index (κ2) is 7.23. The Bertz CT molecular complexity index is 612. The number of rotatable bonds is 3. The van der Waals surface area contributed by atoms with Crippen LogP contribution in [0.15, 0.2) is 24.3 Å². The van der Waals surface area contributed by atoms with Crippen LogP contribution in [0, 0.1) is 11.8 Å². The fourth-order valence-electron chi connectivity index (χ4n) is 3.94. The van der Waals surface area contributed by atoms with Crippen LogP contribution in [-0.4, -0.2) is 43.5 Å². The molecule has 1 saturated carbocycles. The van der Waals surface area contributed by atoms with Crippen molar-refractivity contribution < 1.29 is 18.0 Å². The largest absolute Gasteiger partial charge is 0.416 e. The average molecular weight is 355 g/mol. The van der Waals surface area contributed by atoms with Gasteiger partial charge in [0.25, 0.3) is 0 Å². The molecule has 2 atom stereocenters. The van der Waals surface area contributed by atoms with Crippen molar-refractivity contribution in [3.05, 3.63) is 29.8 Å². The van der Waals surface area contributed by atoms with Crippen molar-refractivity contribution in [2.24, 2.45) is 17.6 Å². The maximum atomic E-state index is 12.9. The van der Waals surface area contributed by atoms with E-state index >= 15 is 0 Å². The van der Waals surface area contributed by atoms with Gasteiger partial charge in [0.05, 0.1) is 5.56 Å². The van der Waals surface area contributed by atoms with Gasteiger partial charge in [-0.15, -0.1) is 0 Å². The molecule has 1 amide bonds. The number of carbonyl (C=O) groups excluding carboxylic acids is 1. The summed E-state index contributed by atoms with van der Waals surface area (Å²) in [6, 6.07) is 5.38. The minimum absolute atomic E-state index is 0.0186. The fraction of sp³-hybridized carbons (Fsp3) is 0.611. The molecule has 2 aliphatic rings. The summed E-state index contributed by atoms with van der Waals surface area (Å²) in [5.74, 6) is 0.454. The Morgan fingerprint density at radius 2 is 1.88 bits per heavy atom. The highest BCUT2D eigenvalue weighted by Gasteiger charge is 2.36. The molecule has 25 heavy (non-hydrogen) atoms. The number of benzene rings is 1. The lowest BCUT2D eigenvalue weighted by Crippen LogP contribution is -2.51. The van der Waals surface area contributed by atoms with E-state index in [1.54, 1.807) is 6.07 Å². The minimum atomic E-state index is -4.34. The van der Waals surface area contributed by atoms with Gasteiger partial charge in [0, 0.05) is 37.8 Å². The maximum absolute atomic E-state index is 12.9. The van der Waals surface area contributed by atoms with Crippen LogP contribution in [-0.2, 0) is 11.0 Å². The molecule has 138 valence electrons. The number of hydrogen-bond acceptors (Lipinski definition) is 3. The Labute approximate surface area is 145 Å². The van der Waals surface area contributed by atoms with E-state index in [9.17, 15) is 18.0 Å². The van der Waals surface area contributed by atoms with E-state index in [-0.39, 0.29) is 17.7 Å². The number of amides is 1. The van der Waals surface area contributed by atoms with Crippen LogP contribution < -0.4 is 10.6 Å². The predicted octanol–water partition coefficient (Wildman–Crippen LogP) is 2.73.